The normalized spacial score (nSPS) is 11.3. The molecule has 0 saturated heterocycles. The first-order valence-electron chi connectivity index (χ1n) is 8.32. The zero-order valence-electron chi connectivity index (χ0n) is 14.8. The Kier molecular flexibility index (Phi) is 7.49. The predicted molar refractivity (Wildman–Crippen MR) is 95.6 cm³/mol. The van der Waals surface area contributed by atoms with Crippen molar-refractivity contribution >= 4 is 17.7 Å². The summed E-state index contributed by atoms with van der Waals surface area (Å²) in [5.74, 6) is -1.65. The quantitative estimate of drug-likeness (QED) is 0.681. The molecule has 0 aliphatic carbocycles. The number of hydrogen-bond acceptors (Lipinski definition) is 5. The number of ketones is 1. The highest BCUT2D eigenvalue weighted by molar-refractivity contribution is 5.88. The second kappa shape index (κ2) is 10.1. The summed E-state index contributed by atoms with van der Waals surface area (Å²) in [5.41, 5.74) is 0.905. The Hall–Kier alpha value is -3.22. The van der Waals surface area contributed by atoms with Gasteiger partial charge in [0.2, 0.25) is 0 Å². The molecule has 0 spiro atoms. The summed E-state index contributed by atoms with van der Waals surface area (Å²) in [6, 6.07) is 13.7. The van der Waals surface area contributed by atoms with Crippen molar-refractivity contribution in [2.24, 2.45) is 0 Å². The lowest BCUT2D eigenvalue weighted by atomic mass is 10.0. The fraction of sp³-hybridized carbons (Fsp3) is 0.250. The van der Waals surface area contributed by atoms with E-state index >= 15 is 0 Å². The molecule has 1 atom stereocenters. The number of nitrogens with one attached hydrogen (secondary N) is 1. The van der Waals surface area contributed by atoms with Gasteiger partial charge in [-0.3, -0.25) is 9.59 Å². The van der Waals surface area contributed by atoms with Crippen LogP contribution in [0.4, 0.5) is 4.39 Å². The van der Waals surface area contributed by atoms with Crippen molar-refractivity contribution in [2.45, 2.75) is 19.4 Å². The molecule has 0 aliphatic heterocycles. The minimum Gasteiger partial charge on any atom is -0.482 e. The Bertz CT molecular complexity index is 777. The van der Waals surface area contributed by atoms with E-state index in [-0.39, 0.29) is 5.78 Å². The van der Waals surface area contributed by atoms with Crippen molar-refractivity contribution in [3.05, 3.63) is 66.0 Å². The Morgan fingerprint density at radius 1 is 1.00 bits per heavy atom. The van der Waals surface area contributed by atoms with Crippen LogP contribution in [0, 0.1) is 5.82 Å². The minimum atomic E-state index is -0.753. The van der Waals surface area contributed by atoms with E-state index in [0.29, 0.717) is 12.2 Å². The standard InChI is InChI=1S/C20H20FNO5/c1-14(23)18(11-15-5-3-2-4-6-15)22-19(24)12-27-20(25)13-26-17-9-7-16(21)8-10-17/h2-10,18H,11-13H2,1H3,(H,22,24)/t18-/m0/s1. The predicted octanol–water partition coefficient (Wildman–Crippen LogP) is 2.06. The highest BCUT2D eigenvalue weighted by Crippen LogP contribution is 2.10. The van der Waals surface area contributed by atoms with E-state index in [1.807, 2.05) is 30.3 Å². The lowest BCUT2D eigenvalue weighted by Crippen LogP contribution is -2.43. The van der Waals surface area contributed by atoms with Crippen molar-refractivity contribution in [3.8, 4) is 5.75 Å². The van der Waals surface area contributed by atoms with Gasteiger partial charge in [-0.2, -0.15) is 0 Å². The number of hydrogen-bond donors (Lipinski definition) is 1. The molecule has 0 radical (unpaired) electrons. The molecule has 0 saturated carbocycles. The largest absolute Gasteiger partial charge is 0.482 e. The van der Waals surface area contributed by atoms with Gasteiger partial charge in [0.05, 0.1) is 6.04 Å². The molecule has 0 aliphatic rings. The molecular formula is C20H20FNO5. The first kappa shape index (κ1) is 20.1. The fourth-order valence-corrected chi connectivity index (χ4v) is 2.24. The topological polar surface area (TPSA) is 81.7 Å². The van der Waals surface area contributed by atoms with Crippen LogP contribution in [0.1, 0.15) is 12.5 Å². The molecule has 6 nitrogen and oxygen atoms in total. The van der Waals surface area contributed by atoms with Crippen LogP contribution in [0.2, 0.25) is 0 Å². The Balaban J connectivity index is 1.75. The van der Waals surface area contributed by atoms with E-state index in [1.165, 1.54) is 31.2 Å². The monoisotopic (exact) mass is 373 g/mol. The SMILES string of the molecule is CC(=O)[C@H](Cc1ccccc1)NC(=O)COC(=O)COc1ccc(F)cc1. The van der Waals surface area contributed by atoms with Gasteiger partial charge in [0.1, 0.15) is 11.6 Å². The maximum Gasteiger partial charge on any atom is 0.344 e. The molecule has 2 aromatic carbocycles. The molecule has 0 aromatic heterocycles. The van der Waals surface area contributed by atoms with Crippen LogP contribution in [0.3, 0.4) is 0 Å². The molecule has 142 valence electrons. The smallest absolute Gasteiger partial charge is 0.344 e. The number of rotatable bonds is 9. The number of ether oxygens (including phenoxy) is 2. The third-order valence-electron chi connectivity index (χ3n) is 3.64. The van der Waals surface area contributed by atoms with E-state index in [4.69, 9.17) is 9.47 Å². The van der Waals surface area contributed by atoms with Crippen molar-refractivity contribution in [1.29, 1.82) is 0 Å². The summed E-state index contributed by atoms with van der Waals surface area (Å²) in [4.78, 5) is 35.3. The second-order valence-corrected chi connectivity index (χ2v) is 5.82. The van der Waals surface area contributed by atoms with Crippen LogP contribution in [-0.4, -0.2) is 36.9 Å². The molecule has 1 N–H and O–H groups in total. The van der Waals surface area contributed by atoms with Crippen molar-refractivity contribution in [3.63, 3.8) is 0 Å². The fourth-order valence-electron chi connectivity index (χ4n) is 2.24. The average Bonchev–Trinajstić information content (AvgIpc) is 2.66. The first-order chi connectivity index (χ1) is 12.9. The third kappa shape index (κ3) is 7.27. The zero-order chi connectivity index (χ0) is 19.6. The molecule has 0 heterocycles. The van der Waals surface area contributed by atoms with Crippen molar-refractivity contribution in [2.75, 3.05) is 13.2 Å². The number of Topliss-reactive ketones (excluding diaryl/α,β-unsaturated/α-hetero) is 1. The molecule has 0 unspecified atom stereocenters. The van der Waals surface area contributed by atoms with Crippen LogP contribution < -0.4 is 10.1 Å². The van der Waals surface area contributed by atoms with Gasteiger partial charge in [-0.05, 0) is 43.2 Å². The van der Waals surface area contributed by atoms with E-state index in [0.717, 1.165) is 5.56 Å². The first-order valence-corrected chi connectivity index (χ1v) is 8.32. The summed E-state index contributed by atoms with van der Waals surface area (Å²) in [5, 5.41) is 2.55. The second-order valence-electron chi connectivity index (χ2n) is 5.82. The summed E-state index contributed by atoms with van der Waals surface area (Å²) < 4.78 is 22.7. The van der Waals surface area contributed by atoms with Gasteiger partial charge in [-0.25, -0.2) is 9.18 Å². The van der Waals surface area contributed by atoms with Crippen LogP contribution in [0.25, 0.3) is 0 Å². The number of halogens is 1. The van der Waals surface area contributed by atoms with E-state index < -0.39 is 36.9 Å². The molecule has 2 rings (SSSR count). The molecule has 27 heavy (non-hydrogen) atoms. The van der Waals surface area contributed by atoms with Gasteiger partial charge in [0.15, 0.2) is 19.0 Å². The minimum absolute atomic E-state index is 0.196. The van der Waals surface area contributed by atoms with E-state index in [2.05, 4.69) is 5.32 Å². The lowest BCUT2D eigenvalue weighted by Gasteiger charge is -2.16. The highest BCUT2D eigenvalue weighted by Gasteiger charge is 2.18. The van der Waals surface area contributed by atoms with Crippen molar-refractivity contribution in [1.82, 2.24) is 5.32 Å². The van der Waals surface area contributed by atoms with Gasteiger partial charge in [0.25, 0.3) is 5.91 Å². The van der Waals surface area contributed by atoms with Crippen LogP contribution in [0.15, 0.2) is 54.6 Å². The zero-order valence-corrected chi connectivity index (χ0v) is 14.8. The van der Waals surface area contributed by atoms with Crippen molar-refractivity contribution < 1.29 is 28.2 Å². The van der Waals surface area contributed by atoms with Gasteiger partial charge in [-0.15, -0.1) is 0 Å². The number of benzene rings is 2. The molecular weight excluding hydrogens is 353 g/mol. The Labute approximate surface area is 156 Å². The molecule has 2 aromatic rings. The summed E-state index contributed by atoms with van der Waals surface area (Å²) in [6.45, 7) is 0.444. The third-order valence-corrected chi connectivity index (χ3v) is 3.64. The summed E-state index contributed by atoms with van der Waals surface area (Å²) in [6.07, 6.45) is 0.351. The van der Waals surface area contributed by atoms with E-state index in [1.54, 1.807) is 0 Å². The number of carbonyl (C=O) groups is 3. The molecule has 1 amide bonds. The summed E-state index contributed by atoms with van der Waals surface area (Å²) >= 11 is 0. The molecule has 7 heteroatoms. The maximum atomic E-state index is 12.8. The highest BCUT2D eigenvalue weighted by atomic mass is 19.1. The average molecular weight is 373 g/mol. The maximum absolute atomic E-state index is 12.8. The number of esters is 1. The van der Waals surface area contributed by atoms with Gasteiger partial charge in [-0.1, -0.05) is 30.3 Å². The summed E-state index contributed by atoms with van der Waals surface area (Å²) in [7, 11) is 0. The van der Waals surface area contributed by atoms with Gasteiger partial charge in [0, 0.05) is 0 Å². The van der Waals surface area contributed by atoms with Gasteiger partial charge < -0.3 is 14.8 Å². The molecule has 0 fully saturated rings. The van der Waals surface area contributed by atoms with Crippen LogP contribution in [-0.2, 0) is 25.5 Å². The number of amides is 1. The molecule has 0 bridgehead atoms. The van der Waals surface area contributed by atoms with E-state index in [9.17, 15) is 18.8 Å². The van der Waals surface area contributed by atoms with Crippen LogP contribution >= 0.6 is 0 Å². The lowest BCUT2D eigenvalue weighted by molar-refractivity contribution is -0.150. The number of carbonyl (C=O) groups excluding carboxylic acids is 3. The Morgan fingerprint density at radius 3 is 2.30 bits per heavy atom. The van der Waals surface area contributed by atoms with Gasteiger partial charge >= 0.3 is 5.97 Å². The Morgan fingerprint density at radius 2 is 1.67 bits per heavy atom. The van der Waals surface area contributed by atoms with Crippen LogP contribution in [0.5, 0.6) is 5.75 Å².